The molecule has 1 aromatic carbocycles. The average molecular weight is 266 g/mol. The molecule has 1 aromatic rings. The van der Waals surface area contributed by atoms with Crippen molar-refractivity contribution in [1.29, 1.82) is 0 Å². The van der Waals surface area contributed by atoms with Crippen LogP contribution in [0.3, 0.4) is 0 Å². The Kier molecular flexibility index (Phi) is 4.01. The summed E-state index contributed by atoms with van der Waals surface area (Å²) in [6.07, 6.45) is 2.71. The molecule has 6 heteroatoms. The highest BCUT2D eigenvalue weighted by Crippen LogP contribution is 2.31. The lowest BCUT2D eigenvalue weighted by atomic mass is 9.80. The first-order chi connectivity index (χ1) is 9.04. The van der Waals surface area contributed by atoms with E-state index in [2.05, 4.69) is 5.32 Å². The Morgan fingerprint density at radius 3 is 2.79 bits per heavy atom. The minimum absolute atomic E-state index is 0.0378. The van der Waals surface area contributed by atoms with E-state index in [1.807, 2.05) is 0 Å². The lowest BCUT2D eigenvalue weighted by molar-refractivity contribution is -0.385. The largest absolute Gasteiger partial charge is 0.490 e. The number of nitrogens with zero attached hydrogens (tertiary/aromatic N) is 1. The van der Waals surface area contributed by atoms with Crippen molar-refractivity contribution >= 4 is 5.69 Å². The molecular weight excluding hydrogens is 248 g/mol. The minimum atomic E-state index is -0.585. The van der Waals surface area contributed by atoms with Gasteiger partial charge in [0.05, 0.1) is 17.6 Å². The number of nitrogens with one attached hydrogen (secondary N) is 1. The predicted octanol–water partition coefficient (Wildman–Crippen LogP) is 1.61. The molecule has 104 valence electrons. The summed E-state index contributed by atoms with van der Waals surface area (Å²) in [5, 5.41) is 23.9. The molecule has 1 aliphatic rings. The number of nitro benzene ring substituents is 1. The topological polar surface area (TPSA) is 84.6 Å². The summed E-state index contributed by atoms with van der Waals surface area (Å²) in [4.78, 5) is 10.4. The van der Waals surface area contributed by atoms with Crippen molar-refractivity contribution < 1.29 is 14.8 Å². The maximum Gasteiger partial charge on any atom is 0.311 e. The van der Waals surface area contributed by atoms with E-state index < -0.39 is 10.5 Å². The molecule has 2 N–H and O–H groups in total. The number of hydrogen-bond acceptors (Lipinski definition) is 5. The third-order valence-electron chi connectivity index (χ3n) is 3.51. The van der Waals surface area contributed by atoms with E-state index in [1.165, 1.54) is 13.2 Å². The fraction of sp³-hybridized carbons (Fsp3) is 0.538. The van der Waals surface area contributed by atoms with Crippen LogP contribution in [-0.4, -0.2) is 29.3 Å². The van der Waals surface area contributed by atoms with Crippen LogP contribution in [0.15, 0.2) is 18.2 Å². The fourth-order valence-electron chi connectivity index (χ4n) is 2.19. The quantitative estimate of drug-likeness (QED) is 0.603. The van der Waals surface area contributed by atoms with Crippen LogP contribution in [0.25, 0.3) is 0 Å². The molecule has 1 aliphatic carbocycles. The van der Waals surface area contributed by atoms with Crippen molar-refractivity contribution in [1.82, 2.24) is 5.32 Å². The van der Waals surface area contributed by atoms with Gasteiger partial charge in [-0.15, -0.1) is 0 Å². The molecule has 0 saturated heterocycles. The molecule has 0 aromatic heterocycles. The third kappa shape index (κ3) is 3.21. The summed E-state index contributed by atoms with van der Waals surface area (Å²) < 4.78 is 4.94. The normalized spacial score (nSPS) is 16.7. The van der Waals surface area contributed by atoms with Gasteiger partial charge in [0.25, 0.3) is 0 Å². The molecule has 1 saturated carbocycles. The van der Waals surface area contributed by atoms with Crippen LogP contribution in [0.2, 0.25) is 0 Å². The Bertz CT molecular complexity index is 472. The molecule has 0 bridgehead atoms. The highest BCUT2D eigenvalue weighted by molar-refractivity contribution is 5.48. The van der Waals surface area contributed by atoms with Gasteiger partial charge in [0, 0.05) is 19.2 Å². The van der Waals surface area contributed by atoms with Crippen LogP contribution in [0.5, 0.6) is 5.75 Å². The van der Waals surface area contributed by atoms with Gasteiger partial charge in [-0.25, -0.2) is 0 Å². The number of nitro groups is 1. The van der Waals surface area contributed by atoms with Gasteiger partial charge in [-0.3, -0.25) is 10.1 Å². The zero-order chi connectivity index (χ0) is 13.9. The Balaban J connectivity index is 1.96. The molecule has 2 rings (SSSR count). The van der Waals surface area contributed by atoms with Gasteiger partial charge in [0.2, 0.25) is 0 Å². The molecule has 0 aliphatic heterocycles. The zero-order valence-electron chi connectivity index (χ0n) is 10.9. The molecule has 0 amide bonds. The monoisotopic (exact) mass is 266 g/mol. The molecule has 6 nitrogen and oxygen atoms in total. The molecule has 0 spiro atoms. The summed E-state index contributed by atoms with van der Waals surface area (Å²) in [7, 11) is 1.41. The Labute approximate surface area is 111 Å². The number of rotatable bonds is 6. The molecule has 19 heavy (non-hydrogen) atoms. The SMILES string of the molecule is COc1ccc(CNCC2(O)CCC2)cc1[N+](=O)[O-]. The summed E-state index contributed by atoms with van der Waals surface area (Å²) in [6, 6.07) is 4.87. The summed E-state index contributed by atoms with van der Waals surface area (Å²) in [5.41, 5.74) is 0.179. The van der Waals surface area contributed by atoms with Gasteiger partial charge < -0.3 is 15.2 Å². The second kappa shape index (κ2) is 5.54. The molecule has 0 unspecified atom stereocenters. The Morgan fingerprint density at radius 2 is 2.26 bits per heavy atom. The second-order valence-corrected chi connectivity index (χ2v) is 4.94. The van der Waals surface area contributed by atoms with E-state index in [0.29, 0.717) is 13.1 Å². The summed E-state index contributed by atoms with van der Waals surface area (Å²) >= 11 is 0. The minimum Gasteiger partial charge on any atom is -0.490 e. The zero-order valence-corrected chi connectivity index (χ0v) is 10.9. The molecule has 1 fully saturated rings. The van der Waals surface area contributed by atoms with E-state index in [9.17, 15) is 15.2 Å². The standard InChI is InChI=1S/C13H18N2O4/c1-19-12-4-3-10(7-11(12)15(17)18)8-14-9-13(16)5-2-6-13/h3-4,7,14,16H,2,5-6,8-9H2,1H3. The Morgan fingerprint density at radius 1 is 1.53 bits per heavy atom. The smallest absolute Gasteiger partial charge is 0.311 e. The average Bonchev–Trinajstić information content (AvgIpc) is 2.36. The van der Waals surface area contributed by atoms with E-state index in [1.54, 1.807) is 12.1 Å². The summed E-state index contributed by atoms with van der Waals surface area (Å²) in [6.45, 7) is 1.01. The highest BCUT2D eigenvalue weighted by atomic mass is 16.6. The van der Waals surface area contributed by atoms with Crippen molar-refractivity contribution in [3.63, 3.8) is 0 Å². The van der Waals surface area contributed by atoms with Crippen LogP contribution in [0.4, 0.5) is 5.69 Å². The number of methoxy groups -OCH3 is 1. The van der Waals surface area contributed by atoms with Crippen molar-refractivity contribution in [3.8, 4) is 5.75 Å². The van der Waals surface area contributed by atoms with Crippen LogP contribution < -0.4 is 10.1 Å². The van der Waals surface area contributed by atoms with Crippen molar-refractivity contribution in [2.45, 2.75) is 31.4 Å². The highest BCUT2D eigenvalue weighted by Gasteiger charge is 2.33. The van der Waals surface area contributed by atoms with Gasteiger partial charge in [-0.2, -0.15) is 0 Å². The predicted molar refractivity (Wildman–Crippen MR) is 70.2 cm³/mol. The van der Waals surface area contributed by atoms with Gasteiger partial charge in [-0.05, 0) is 30.9 Å². The van der Waals surface area contributed by atoms with Gasteiger partial charge >= 0.3 is 5.69 Å². The van der Waals surface area contributed by atoms with E-state index in [0.717, 1.165) is 24.8 Å². The van der Waals surface area contributed by atoms with Crippen LogP contribution in [0, 0.1) is 10.1 Å². The molecule has 0 atom stereocenters. The lowest BCUT2D eigenvalue weighted by Gasteiger charge is -2.36. The van der Waals surface area contributed by atoms with E-state index >= 15 is 0 Å². The van der Waals surface area contributed by atoms with E-state index in [-0.39, 0.29) is 11.4 Å². The first-order valence-electron chi connectivity index (χ1n) is 6.28. The van der Waals surface area contributed by atoms with Gasteiger partial charge in [0.15, 0.2) is 5.75 Å². The van der Waals surface area contributed by atoms with Crippen LogP contribution >= 0.6 is 0 Å². The maximum atomic E-state index is 10.9. The van der Waals surface area contributed by atoms with Crippen molar-refractivity contribution in [3.05, 3.63) is 33.9 Å². The molecule has 0 radical (unpaired) electrons. The Hall–Kier alpha value is -1.66. The summed E-state index contributed by atoms with van der Waals surface area (Å²) in [5.74, 6) is 0.256. The number of aliphatic hydroxyl groups is 1. The maximum absolute atomic E-state index is 10.9. The number of hydrogen-bond donors (Lipinski definition) is 2. The fourth-order valence-corrected chi connectivity index (χ4v) is 2.19. The number of ether oxygens (including phenoxy) is 1. The van der Waals surface area contributed by atoms with E-state index in [4.69, 9.17) is 4.74 Å². The van der Waals surface area contributed by atoms with Gasteiger partial charge in [-0.1, -0.05) is 6.07 Å². The third-order valence-corrected chi connectivity index (χ3v) is 3.51. The lowest BCUT2D eigenvalue weighted by Crippen LogP contribution is -2.45. The van der Waals surface area contributed by atoms with Crippen LogP contribution in [-0.2, 0) is 6.54 Å². The van der Waals surface area contributed by atoms with Crippen molar-refractivity contribution in [2.24, 2.45) is 0 Å². The number of benzene rings is 1. The first kappa shape index (κ1) is 13.8. The molecule has 0 heterocycles. The molecular formula is C13H18N2O4. The van der Waals surface area contributed by atoms with Crippen molar-refractivity contribution in [2.75, 3.05) is 13.7 Å². The van der Waals surface area contributed by atoms with Gasteiger partial charge in [0.1, 0.15) is 0 Å². The first-order valence-corrected chi connectivity index (χ1v) is 6.28. The van der Waals surface area contributed by atoms with Crippen LogP contribution in [0.1, 0.15) is 24.8 Å². The second-order valence-electron chi connectivity index (χ2n) is 4.94.